The maximum atomic E-state index is 11.6. The quantitative estimate of drug-likeness (QED) is 0.745. The van der Waals surface area contributed by atoms with Crippen LogP contribution in [0.4, 0.5) is 0 Å². The molecule has 0 aromatic heterocycles. The van der Waals surface area contributed by atoms with E-state index in [1.165, 1.54) is 12.8 Å². The van der Waals surface area contributed by atoms with Crippen LogP contribution in [0.5, 0.6) is 0 Å². The Bertz CT molecular complexity index is 202. The third-order valence-corrected chi connectivity index (χ3v) is 2.98. The van der Waals surface area contributed by atoms with Crippen molar-refractivity contribution in [3.05, 3.63) is 0 Å². The molecule has 15 heavy (non-hydrogen) atoms. The molecule has 1 aliphatic heterocycles. The fourth-order valence-electron chi connectivity index (χ4n) is 1.83. The first-order valence-electron chi connectivity index (χ1n) is 5.99. The van der Waals surface area contributed by atoms with Crippen LogP contribution in [0.25, 0.3) is 0 Å². The Morgan fingerprint density at radius 2 is 1.93 bits per heavy atom. The van der Waals surface area contributed by atoms with Crippen molar-refractivity contribution in [1.82, 2.24) is 10.6 Å². The summed E-state index contributed by atoms with van der Waals surface area (Å²) in [5.41, 5.74) is -0.256. The number of carbonyl (C=O) groups excluding carboxylic acids is 1. The van der Waals surface area contributed by atoms with E-state index in [0.717, 1.165) is 32.0 Å². The van der Waals surface area contributed by atoms with Gasteiger partial charge in [0.2, 0.25) is 5.91 Å². The lowest BCUT2D eigenvalue weighted by molar-refractivity contribution is -0.128. The average molecular weight is 212 g/mol. The zero-order valence-corrected chi connectivity index (χ0v) is 10.2. The molecule has 0 bridgehead atoms. The molecule has 1 fully saturated rings. The van der Waals surface area contributed by atoms with Crippen LogP contribution >= 0.6 is 0 Å². The zero-order chi connectivity index (χ0) is 11.3. The molecule has 1 heterocycles. The first-order valence-corrected chi connectivity index (χ1v) is 5.99. The van der Waals surface area contributed by atoms with Crippen LogP contribution in [-0.2, 0) is 4.79 Å². The SMILES string of the molecule is CC(C)(C)C(=O)NCCC1CCNCC1. The van der Waals surface area contributed by atoms with Crippen LogP contribution in [-0.4, -0.2) is 25.5 Å². The fourth-order valence-corrected chi connectivity index (χ4v) is 1.83. The van der Waals surface area contributed by atoms with E-state index < -0.39 is 0 Å². The van der Waals surface area contributed by atoms with Crippen molar-refractivity contribution in [3.8, 4) is 0 Å². The Labute approximate surface area is 93.0 Å². The van der Waals surface area contributed by atoms with Crippen molar-refractivity contribution in [2.75, 3.05) is 19.6 Å². The molecule has 0 aromatic carbocycles. The van der Waals surface area contributed by atoms with E-state index in [0.29, 0.717) is 0 Å². The van der Waals surface area contributed by atoms with Crippen molar-refractivity contribution < 1.29 is 4.79 Å². The summed E-state index contributed by atoms with van der Waals surface area (Å²) in [7, 11) is 0. The number of hydrogen-bond acceptors (Lipinski definition) is 2. The summed E-state index contributed by atoms with van der Waals surface area (Å²) < 4.78 is 0. The van der Waals surface area contributed by atoms with Crippen LogP contribution in [0, 0.1) is 11.3 Å². The summed E-state index contributed by atoms with van der Waals surface area (Å²) in [6.07, 6.45) is 3.64. The predicted octanol–water partition coefficient (Wildman–Crippen LogP) is 1.54. The average Bonchev–Trinajstić information content (AvgIpc) is 2.18. The molecule has 1 amide bonds. The van der Waals surface area contributed by atoms with Crippen LogP contribution in [0.2, 0.25) is 0 Å². The van der Waals surface area contributed by atoms with E-state index in [1.807, 2.05) is 20.8 Å². The second-order valence-corrected chi connectivity index (χ2v) is 5.49. The fraction of sp³-hybridized carbons (Fsp3) is 0.917. The molecule has 0 spiro atoms. The molecule has 3 nitrogen and oxygen atoms in total. The van der Waals surface area contributed by atoms with Gasteiger partial charge in [0.25, 0.3) is 0 Å². The summed E-state index contributed by atoms with van der Waals surface area (Å²) in [4.78, 5) is 11.6. The standard InChI is InChI=1S/C12H24N2O/c1-12(2,3)11(15)14-9-6-10-4-7-13-8-5-10/h10,13H,4-9H2,1-3H3,(H,14,15). The smallest absolute Gasteiger partial charge is 0.225 e. The molecule has 1 aliphatic rings. The lowest BCUT2D eigenvalue weighted by atomic mass is 9.93. The highest BCUT2D eigenvalue weighted by Gasteiger charge is 2.21. The minimum absolute atomic E-state index is 0.163. The van der Waals surface area contributed by atoms with Gasteiger partial charge in [-0.3, -0.25) is 4.79 Å². The Balaban J connectivity index is 2.12. The predicted molar refractivity (Wildman–Crippen MR) is 62.7 cm³/mol. The molecule has 0 radical (unpaired) electrons. The number of nitrogens with one attached hydrogen (secondary N) is 2. The van der Waals surface area contributed by atoms with Gasteiger partial charge in [-0.15, -0.1) is 0 Å². The lowest BCUT2D eigenvalue weighted by Gasteiger charge is -2.23. The van der Waals surface area contributed by atoms with Crippen molar-refractivity contribution >= 4 is 5.91 Å². The minimum Gasteiger partial charge on any atom is -0.356 e. The molecular formula is C12H24N2O. The van der Waals surface area contributed by atoms with Crippen LogP contribution in [0.3, 0.4) is 0 Å². The van der Waals surface area contributed by atoms with Gasteiger partial charge < -0.3 is 10.6 Å². The van der Waals surface area contributed by atoms with Gasteiger partial charge in [-0.2, -0.15) is 0 Å². The first-order chi connectivity index (χ1) is 7.00. The van der Waals surface area contributed by atoms with E-state index in [9.17, 15) is 4.79 Å². The van der Waals surface area contributed by atoms with Gasteiger partial charge in [0.1, 0.15) is 0 Å². The van der Waals surface area contributed by atoms with E-state index in [1.54, 1.807) is 0 Å². The van der Waals surface area contributed by atoms with Crippen LogP contribution in [0.1, 0.15) is 40.0 Å². The highest BCUT2D eigenvalue weighted by Crippen LogP contribution is 2.16. The first kappa shape index (κ1) is 12.5. The van der Waals surface area contributed by atoms with E-state index in [4.69, 9.17) is 0 Å². The molecule has 0 aliphatic carbocycles. The molecule has 3 heteroatoms. The summed E-state index contributed by atoms with van der Waals surface area (Å²) in [6, 6.07) is 0. The van der Waals surface area contributed by atoms with Crippen molar-refractivity contribution in [2.45, 2.75) is 40.0 Å². The van der Waals surface area contributed by atoms with Gasteiger partial charge in [-0.25, -0.2) is 0 Å². The van der Waals surface area contributed by atoms with Gasteiger partial charge in [0.15, 0.2) is 0 Å². The third-order valence-electron chi connectivity index (χ3n) is 2.98. The number of rotatable bonds is 3. The molecule has 0 saturated carbocycles. The van der Waals surface area contributed by atoms with Crippen molar-refractivity contribution in [2.24, 2.45) is 11.3 Å². The van der Waals surface area contributed by atoms with Crippen molar-refractivity contribution in [3.63, 3.8) is 0 Å². The highest BCUT2D eigenvalue weighted by molar-refractivity contribution is 5.81. The summed E-state index contributed by atoms with van der Waals surface area (Å²) in [5.74, 6) is 0.961. The topological polar surface area (TPSA) is 41.1 Å². The number of piperidine rings is 1. The maximum absolute atomic E-state index is 11.6. The Kier molecular flexibility index (Phi) is 4.58. The van der Waals surface area contributed by atoms with Crippen LogP contribution < -0.4 is 10.6 Å². The number of hydrogen-bond donors (Lipinski definition) is 2. The number of amides is 1. The summed E-state index contributed by atoms with van der Waals surface area (Å²) in [6.45, 7) is 8.96. The second-order valence-electron chi connectivity index (χ2n) is 5.49. The maximum Gasteiger partial charge on any atom is 0.225 e. The van der Waals surface area contributed by atoms with Gasteiger partial charge in [-0.1, -0.05) is 20.8 Å². The van der Waals surface area contributed by atoms with Gasteiger partial charge in [0, 0.05) is 12.0 Å². The molecule has 1 saturated heterocycles. The Morgan fingerprint density at radius 1 is 1.33 bits per heavy atom. The molecule has 0 aromatic rings. The largest absolute Gasteiger partial charge is 0.356 e. The molecular weight excluding hydrogens is 188 g/mol. The molecule has 1 rings (SSSR count). The second kappa shape index (κ2) is 5.50. The van der Waals surface area contributed by atoms with Gasteiger partial charge in [0.05, 0.1) is 0 Å². The molecule has 88 valence electrons. The summed E-state index contributed by atoms with van der Waals surface area (Å²) >= 11 is 0. The third kappa shape index (κ3) is 4.65. The normalized spacial score (nSPS) is 18.9. The number of carbonyl (C=O) groups is 1. The van der Waals surface area contributed by atoms with Gasteiger partial charge >= 0.3 is 0 Å². The van der Waals surface area contributed by atoms with Crippen molar-refractivity contribution in [1.29, 1.82) is 0 Å². The Morgan fingerprint density at radius 3 is 2.47 bits per heavy atom. The van der Waals surface area contributed by atoms with Crippen LogP contribution in [0.15, 0.2) is 0 Å². The minimum atomic E-state index is -0.256. The molecule has 2 N–H and O–H groups in total. The highest BCUT2D eigenvalue weighted by atomic mass is 16.2. The molecule has 0 unspecified atom stereocenters. The van der Waals surface area contributed by atoms with E-state index in [2.05, 4.69) is 10.6 Å². The zero-order valence-electron chi connectivity index (χ0n) is 10.2. The lowest BCUT2D eigenvalue weighted by Crippen LogP contribution is -2.37. The van der Waals surface area contributed by atoms with E-state index >= 15 is 0 Å². The Hall–Kier alpha value is -0.570. The molecule has 0 atom stereocenters. The van der Waals surface area contributed by atoms with Gasteiger partial charge in [-0.05, 0) is 38.3 Å². The monoisotopic (exact) mass is 212 g/mol. The van der Waals surface area contributed by atoms with E-state index in [-0.39, 0.29) is 11.3 Å². The summed E-state index contributed by atoms with van der Waals surface area (Å²) in [5, 5.41) is 6.36.